The average molecular weight is 208 g/mol. The van der Waals surface area contributed by atoms with Gasteiger partial charge >= 0.3 is 0 Å². The van der Waals surface area contributed by atoms with Gasteiger partial charge in [-0.1, -0.05) is 18.2 Å². The smallest absolute Gasteiger partial charge is 0.129 e. The second-order valence-electron chi connectivity index (χ2n) is 3.39. The summed E-state index contributed by atoms with van der Waals surface area (Å²) in [4.78, 5) is 0. The number of nitriles is 1. The molecule has 0 aliphatic rings. The van der Waals surface area contributed by atoms with Crippen LogP contribution < -0.4 is 4.74 Å². The normalized spacial score (nSPS) is 9.50. The molecule has 0 spiro atoms. The highest BCUT2D eigenvalue weighted by atomic mass is 16.5. The molecule has 0 atom stereocenters. The van der Waals surface area contributed by atoms with Crippen LogP contribution in [0.1, 0.15) is 11.1 Å². The molecular formula is C14H10NO. The largest absolute Gasteiger partial charge is 0.457 e. The quantitative estimate of drug-likeness (QED) is 0.756. The Morgan fingerprint density at radius 2 is 1.75 bits per heavy atom. The van der Waals surface area contributed by atoms with E-state index in [0.717, 1.165) is 11.3 Å². The Hall–Kier alpha value is -2.27. The third kappa shape index (κ3) is 2.40. The molecule has 2 rings (SSSR count). The maximum Gasteiger partial charge on any atom is 0.129 e. The van der Waals surface area contributed by atoms with Crippen LogP contribution in [0, 0.1) is 18.3 Å². The molecule has 2 aromatic rings. The fourth-order valence-corrected chi connectivity index (χ4v) is 1.41. The number of hydrogen-bond acceptors (Lipinski definition) is 2. The van der Waals surface area contributed by atoms with Crippen LogP contribution >= 0.6 is 0 Å². The van der Waals surface area contributed by atoms with Gasteiger partial charge in [-0.15, -0.1) is 0 Å². The van der Waals surface area contributed by atoms with Gasteiger partial charge in [0.2, 0.25) is 0 Å². The van der Waals surface area contributed by atoms with Crippen LogP contribution in [0.25, 0.3) is 0 Å². The zero-order valence-electron chi connectivity index (χ0n) is 8.68. The second-order valence-corrected chi connectivity index (χ2v) is 3.39. The molecule has 0 heterocycles. The zero-order chi connectivity index (χ0) is 11.4. The Bertz CT molecular complexity index is 526. The van der Waals surface area contributed by atoms with Gasteiger partial charge in [0.15, 0.2) is 0 Å². The fraction of sp³-hybridized carbons (Fsp3) is 0. The SMILES string of the molecule is [CH2]c1cc(C#N)cc(Oc2ccccc2)c1. The van der Waals surface area contributed by atoms with Crippen LogP contribution in [-0.4, -0.2) is 0 Å². The molecule has 0 unspecified atom stereocenters. The van der Waals surface area contributed by atoms with Gasteiger partial charge < -0.3 is 4.74 Å². The molecule has 0 N–H and O–H groups in total. The van der Waals surface area contributed by atoms with E-state index in [4.69, 9.17) is 10.00 Å². The van der Waals surface area contributed by atoms with E-state index in [2.05, 4.69) is 13.0 Å². The van der Waals surface area contributed by atoms with Crippen molar-refractivity contribution in [3.05, 3.63) is 66.6 Å². The molecule has 0 bridgehead atoms. The van der Waals surface area contributed by atoms with Crippen LogP contribution in [0.4, 0.5) is 0 Å². The highest BCUT2D eigenvalue weighted by Crippen LogP contribution is 2.23. The first-order valence-corrected chi connectivity index (χ1v) is 4.88. The summed E-state index contributed by atoms with van der Waals surface area (Å²) in [6.45, 7) is 3.80. The number of para-hydroxylation sites is 1. The summed E-state index contributed by atoms with van der Waals surface area (Å²) in [6.07, 6.45) is 0. The molecule has 0 aliphatic heterocycles. The van der Waals surface area contributed by atoms with Crippen molar-refractivity contribution in [3.8, 4) is 17.6 Å². The van der Waals surface area contributed by atoms with E-state index in [0.29, 0.717) is 11.3 Å². The molecular weight excluding hydrogens is 198 g/mol. The van der Waals surface area contributed by atoms with Gasteiger partial charge in [-0.05, 0) is 42.8 Å². The summed E-state index contributed by atoms with van der Waals surface area (Å²) >= 11 is 0. The van der Waals surface area contributed by atoms with Crippen LogP contribution in [-0.2, 0) is 0 Å². The van der Waals surface area contributed by atoms with E-state index >= 15 is 0 Å². The standard InChI is InChI=1S/C14H10NO/c1-11-7-12(10-15)9-14(8-11)16-13-5-3-2-4-6-13/h2-9H,1H2. The van der Waals surface area contributed by atoms with Gasteiger partial charge in [0.05, 0.1) is 11.6 Å². The maximum absolute atomic E-state index is 8.82. The summed E-state index contributed by atoms with van der Waals surface area (Å²) < 4.78 is 5.61. The topological polar surface area (TPSA) is 33.0 Å². The average Bonchev–Trinajstić information content (AvgIpc) is 2.29. The van der Waals surface area contributed by atoms with Crippen LogP contribution in [0.2, 0.25) is 0 Å². The van der Waals surface area contributed by atoms with E-state index in [1.165, 1.54) is 0 Å². The Balaban J connectivity index is 2.29. The second kappa shape index (κ2) is 4.50. The van der Waals surface area contributed by atoms with E-state index < -0.39 is 0 Å². The molecule has 16 heavy (non-hydrogen) atoms. The summed E-state index contributed by atoms with van der Waals surface area (Å²) in [5.41, 5.74) is 1.32. The fourth-order valence-electron chi connectivity index (χ4n) is 1.41. The van der Waals surface area contributed by atoms with E-state index in [-0.39, 0.29) is 0 Å². The molecule has 2 aromatic carbocycles. The summed E-state index contributed by atoms with van der Waals surface area (Å²) in [6, 6.07) is 16.7. The molecule has 2 nitrogen and oxygen atoms in total. The molecule has 0 aromatic heterocycles. The van der Waals surface area contributed by atoms with Gasteiger partial charge in [-0.2, -0.15) is 5.26 Å². The van der Waals surface area contributed by atoms with Gasteiger partial charge in [0.1, 0.15) is 11.5 Å². The van der Waals surface area contributed by atoms with E-state index in [1.54, 1.807) is 18.2 Å². The van der Waals surface area contributed by atoms with Crippen LogP contribution in [0.5, 0.6) is 11.5 Å². The minimum Gasteiger partial charge on any atom is -0.457 e. The van der Waals surface area contributed by atoms with Crippen molar-refractivity contribution in [2.24, 2.45) is 0 Å². The lowest BCUT2D eigenvalue weighted by Crippen LogP contribution is -1.86. The molecule has 77 valence electrons. The molecule has 0 aliphatic carbocycles. The molecule has 0 amide bonds. The van der Waals surface area contributed by atoms with Gasteiger partial charge in [0, 0.05) is 0 Å². The van der Waals surface area contributed by atoms with Crippen molar-refractivity contribution in [1.82, 2.24) is 0 Å². The lowest BCUT2D eigenvalue weighted by atomic mass is 10.1. The van der Waals surface area contributed by atoms with Crippen molar-refractivity contribution >= 4 is 0 Å². The summed E-state index contributed by atoms with van der Waals surface area (Å²) in [5.74, 6) is 1.38. The predicted octanol–water partition coefficient (Wildman–Crippen LogP) is 3.53. The maximum atomic E-state index is 8.82. The third-order valence-electron chi connectivity index (χ3n) is 2.07. The first-order chi connectivity index (χ1) is 7.78. The number of benzene rings is 2. The molecule has 0 saturated carbocycles. The molecule has 0 fully saturated rings. The van der Waals surface area contributed by atoms with Crippen LogP contribution in [0.3, 0.4) is 0 Å². The zero-order valence-corrected chi connectivity index (χ0v) is 8.68. The molecule has 0 saturated heterocycles. The van der Waals surface area contributed by atoms with Crippen molar-refractivity contribution < 1.29 is 4.74 Å². The first-order valence-electron chi connectivity index (χ1n) is 4.88. The lowest BCUT2D eigenvalue weighted by molar-refractivity contribution is 0.482. The number of hydrogen-bond donors (Lipinski definition) is 0. The van der Waals surface area contributed by atoms with Crippen molar-refractivity contribution in [2.45, 2.75) is 0 Å². The van der Waals surface area contributed by atoms with Gasteiger partial charge in [-0.3, -0.25) is 0 Å². The Kier molecular flexibility index (Phi) is 2.88. The monoisotopic (exact) mass is 208 g/mol. The first kappa shape index (κ1) is 10.3. The summed E-state index contributed by atoms with van der Waals surface area (Å²) in [5, 5.41) is 8.82. The van der Waals surface area contributed by atoms with Crippen molar-refractivity contribution in [2.75, 3.05) is 0 Å². The highest BCUT2D eigenvalue weighted by Gasteiger charge is 2.00. The van der Waals surface area contributed by atoms with Crippen molar-refractivity contribution in [3.63, 3.8) is 0 Å². The van der Waals surface area contributed by atoms with Crippen LogP contribution in [0.15, 0.2) is 48.5 Å². The minimum atomic E-state index is 0.554. The Morgan fingerprint density at radius 3 is 2.44 bits per heavy atom. The number of rotatable bonds is 2. The van der Waals surface area contributed by atoms with Crippen molar-refractivity contribution in [1.29, 1.82) is 5.26 Å². The Morgan fingerprint density at radius 1 is 1.00 bits per heavy atom. The Labute approximate surface area is 94.7 Å². The van der Waals surface area contributed by atoms with E-state index in [1.807, 2.05) is 30.3 Å². The number of nitrogens with zero attached hydrogens (tertiary/aromatic N) is 1. The molecule has 1 radical (unpaired) electrons. The minimum absolute atomic E-state index is 0.554. The number of ether oxygens (including phenoxy) is 1. The predicted molar refractivity (Wildman–Crippen MR) is 62.1 cm³/mol. The molecule has 2 heteroatoms. The van der Waals surface area contributed by atoms with Gasteiger partial charge in [-0.25, -0.2) is 0 Å². The summed E-state index contributed by atoms with van der Waals surface area (Å²) in [7, 11) is 0. The highest BCUT2D eigenvalue weighted by molar-refractivity contribution is 5.43. The lowest BCUT2D eigenvalue weighted by Gasteiger charge is -2.06. The third-order valence-corrected chi connectivity index (χ3v) is 2.07. The van der Waals surface area contributed by atoms with E-state index in [9.17, 15) is 0 Å². The van der Waals surface area contributed by atoms with Gasteiger partial charge in [0.25, 0.3) is 0 Å².